The molecule has 0 aromatic carbocycles. The highest BCUT2D eigenvalue weighted by Gasteiger charge is 2.07. The second-order valence-corrected chi connectivity index (χ2v) is 7.03. The van der Waals surface area contributed by atoms with E-state index in [1.807, 2.05) is 24.3 Å². The van der Waals surface area contributed by atoms with Gasteiger partial charge in [-0.15, -0.1) is 0 Å². The molecule has 0 radical (unpaired) electrons. The zero-order valence-electron chi connectivity index (χ0n) is 18.4. The van der Waals surface area contributed by atoms with Gasteiger partial charge in [0, 0.05) is 6.42 Å². The molecule has 30 heavy (non-hydrogen) atoms. The highest BCUT2D eigenvalue weighted by atomic mass is 16.5. The Morgan fingerprint density at radius 3 is 2.30 bits per heavy atom. The van der Waals surface area contributed by atoms with Crippen molar-refractivity contribution in [2.45, 2.75) is 76.9 Å². The normalized spacial score (nSPS) is 14.7. The van der Waals surface area contributed by atoms with E-state index in [-0.39, 0.29) is 12.6 Å². The molecule has 0 saturated carbocycles. The van der Waals surface area contributed by atoms with Crippen molar-refractivity contribution in [3.63, 3.8) is 0 Å². The molecule has 0 heterocycles. The quantitative estimate of drug-likeness (QED) is 0.131. The van der Waals surface area contributed by atoms with Crippen molar-refractivity contribution in [2.24, 2.45) is 0 Å². The summed E-state index contributed by atoms with van der Waals surface area (Å²) in [7, 11) is 0. The van der Waals surface area contributed by atoms with Crippen LogP contribution in [0.15, 0.2) is 60.8 Å². The molecule has 0 aromatic heterocycles. The van der Waals surface area contributed by atoms with E-state index in [2.05, 4.69) is 37.3 Å². The summed E-state index contributed by atoms with van der Waals surface area (Å²) >= 11 is 0. The zero-order valence-corrected chi connectivity index (χ0v) is 18.4. The fraction of sp³-hybridized carbons (Fsp3) is 0.560. The summed E-state index contributed by atoms with van der Waals surface area (Å²) in [6, 6.07) is 0. The number of carbonyl (C=O) groups is 1. The van der Waals surface area contributed by atoms with Gasteiger partial charge in [-0.25, -0.2) is 0 Å². The lowest BCUT2D eigenvalue weighted by molar-refractivity contribution is -0.147. The van der Waals surface area contributed by atoms with Crippen LogP contribution in [0, 0.1) is 0 Å². The van der Waals surface area contributed by atoms with Gasteiger partial charge in [-0.05, 0) is 44.9 Å². The summed E-state index contributed by atoms with van der Waals surface area (Å²) in [5, 5.41) is 27.5. The molecule has 0 bridgehead atoms. The summed E-state index contributed by atoms with van der Waals surface area (Å²) in [4.78, 5) is 11.4. The SMILES string of the molecule is CC/C=C\C=C\C(O)C/C=C\C/C=C\C/C=C\CCCCCC(=O)OCC(O)CO. The van der Waals surface area contributed by atoms with Crippen molar-refractivity contribution >= 4 is 5.97 Å². The van der Waals surface area contributed by atoms with Gasteiger partial charge in [0.15, 0.2) is 0 Å². The first kappa shape index (κ1) is 28.1. The Balaban J connectivity index is 3.57. The Morgan fingerprint density at radius 1 is 0.900 bits per heavy atom. The van der Waals surface area contributed by atoms with Gasteiger partial charge in [0.25, 0.3) is 0 Å². The molecule has 5 nitrogen and oxygen atoms in total. The maximum Gasteiger partial charge on any atom is 0.305 e. The van der Waals surface area contributed by atoms with Crippen molar-refractivity contribution in [1.29, 1.82) is 0 Å². The first-order valence-corrected chi connectivity index (χ1v) is 11.0. The molecule has 0 amide bonds. The number of ether oxygens (including phenoxy) is 1. The molecule has 0 saturated heterocycles. The van der Waals surface area contributed by atoms with E-state index in [0.717, 1.165) is 44.9 Å². The third kappa shape index (κ3) is 20.8. The lowest BCUT2D eigenvalue weighted by Gasteiger charge is -2.08. The summed E-state index contributed by atoms with van der Waals surface area (Å²) in [5.41, 5.74) is 0. The minimum Gasteiger partial charge on any atom is -0.463 e. The molecule has 5 heteroatoms. The van der Waals surface area contributed by atoms with Crippen molar-refractivity contribution in [3.05, 3.63) is 60.8 Å². The average molecular weight is 421 g/mol. The van der Waals surface area contributed by atoms with Crippen LogP contribution in [0.1, 0.15) is 64.7 Å². The van der Waals surface area contributed by atoms with Crippen LogP contribution in [-0.4, -0.2) is 46.7 Å². The maximum atomic E-state index is 11.4. The molecule has 0 aliphatic rings. The number of allylic oxidation sites excluding steroid dienone is 8. The Morgan fingerprint density at radius 2 is 1.60 bits per heavy atom. The number of hydrogen-bond donors (Lipinski definition) is 3. The number of carbonyl (C=O) groups excluding carboxylic acids is 1. The van der Waals surface area contributed by atoms with Gasteiger partial charge in [0.05, 0.1) is 12.7 Å². The van der Waals surface area contributed by atoms with E-state index in [0.29, 0.717) is 12.8 Å². The Kier molecular flexibility index (Phi) is 20.3. The van der Waals surface area contributed by atoms with E-state index in [1.54, 1.807) is 6.08 Å². The van der Waals surface area contributed by atoms with Crippen molar-refractivity contribution in [1.82, 2.24) is 0 Å². The molecule has 0 rings (SSSR count). The molecule has 2 unspecified atom stereocenters. The van der Waals surface area contributed by atoms with E-state index in [4.69, 9.17) is 14.9 Å². The van der Waals surface area contributed by atoms with E-state index in [9.17, 15) is 9.90 Å². The number of unbranched alkanes of at least 4 members (excludes halogenated alkanes) is 3. The van der Waals surface area contributed by atoms with Gasteiger partial charge in [0.1, 0.15) is 12.7 Å². The largest absolute Gasteiger partial charge is 0.463 e. The molecule has 0 aromatic rings. The monoisotopic (exact) mass is 420 g/mol. The molecule has 3 N–H and O–H groups in total. The first-order valence-electron chi connectivity index (χ1n) is 11.0. The minimum atomic E-state index is -0.988. The van der Waals surface area contributed by atoms with Crippen molar-refractivity contribution in [2.75, 3.05) is 13.2 Å². The molecular weight excluding hydrogens is 380 g/mol. The number of aliphatic hydroxyl groups excluding tert-OH is 3. The first-order chi connectivity index (χ1) is 14.6. The van der Waals surface area contributed by atoms with Crippen LogP contribution in [-0.2, 0) is 9.53 Å². The molecule has 0 aliphatic heterocycles. The highest BCUT2D eigenvalue weighted by molar-refractivity contribution is 5.69. The Hall–Kier alpha value is -1.95. The van der Waals surface area contributed by atoms with Crippen LogP contribution in [0.5, 0.6) is 0 Å². The van der Waals surface area contributed by atoms with Crippen LogP contribution in [0.4, 0.5) is 0 Å². The van der Waals surface area contributed by atoms with Gasteiger partial charge < -0.3 is 20.1 Å². The van der Waals surface area contributed by atoms with E-state index < -0.39 is 18.8 Å². The Labute approximate surface area is 182 Å². The molecule has 2 atom stereocenters. The second kappa shape index (κ2) is 21.8. The van der Waals surface area contributed by atoms with Crippen molar-refractivity contribution in [3.8, 4) is 0 Å². The van der Waals surface area contributed by atoms with Crippen LogP contribution < -0.4 is 0 Å². The van der Waals surface area contributed by atoms with Gasteiger partial charge >= 0.3 is 5.97 Å². The lowest BCUT2D eigenvalue weighted by Crippen LogP contribution is -2.21. The van der Waals surface area contributed by atoms with E-state index >= 15 is 0 Å². The number of rotatable bonds is 18. The van der Waals surface area contributed by atoms with Crippen LogP contribution in [0.25, 0.3) is 0 Å². The predicted octanol–water partition coefficient (Wildman–Crippen LogP) is 4.56. The fourth-order valence-corrected chi connectivity index (χ4v) is 2.40. The minimum absolute atomic E-state index is 0.141. The number of hydrogen-bond acceptors (Lipinski definition) is 5. The highest BCUT2D eigenvalue weighted by Crippen LogP contribution is 2.06. The molecular formula is C25H40O5. The maximum absolute atomic E-state index is 11.4. The van der Waals surface area contributed by atoms with Gasteiger partial charge in [-0.1, -0.05) is 74.1 Å². The topological polar surface area (TPSA) is 87.0 Å². The summed E-state index contributed by atoms with van der Waals surface area (Å²) in [5.74, 6) is -0.327. The lowest BCUT2D eigenvalue weighted by atomic mass is 10.1. The average Bonchev–Trinajstić information content (AvgIpc) is 2.75. The third-order valence-electron chi connectivity index (χ3n) is 4.14. The smallest absolute Gasteiger partial charge is 0.305 e. The number of esters is 1. The fourth-order valence-electron chi connectivity index (χ4n) is 2.40. The standard InChI is InChI=1S/C25H40O5/c1-2-3-4-15-18-23(27)19-16-13-11-9-7-5-6-8-10-12-14-17-20-25(29)30-22-24(28)21-26/h3-4,6-9,13,15-16,18,23-24,26-28H,2,5,10-12,14,17,19-22H2,1H3/b4-3-,8-6-,9-7-,16-13-,18-15+. The molecule has 0 aliphatic carbocycles. The zero-order chi connectivity index (χ0) is 22.3. The van der Waals surface area contributed by atoms with Gasteiger partial charge in [0.2, 0.25) is 0 Å². The van der Waals surface area contributed by atoms with E-state index in [1.165, 1.54) is 0 Å². The van der Waals surface area contributed by atoms with Crippen molar-refractivity contribution < 1.29 is 24.9 Å². The summed E-state index contributed by atoms with van der Waals surface area (Å²) in [6.45, 7) is 1.54. The molecule has 0 spiro atoms. The molecule has 170 valence electrons. The van der Waals surface area contributed by atoms with Crippen LogP contribution in [0.2, 0.25) is 0 Å². The summed E-state index contributed by atoms with van der Waals surface area (Å²) in [6.07, 6.45) is 26.4. The third-order valence-corrected chi connectivity index (χ3v) is 4.14. The van der Waals surface area contributed by atoms with Gasteiger partial charge in [-0.2, -0.15) is 0 Å². The van der Waals surface area contributed by atoms with Crippen LogP contribution >= 0.6 is 0 Å². The van der Waals surface area contributed by atoms with Crippen LogP contribution in [0.3, 0.4) is 0 Å². The summed E-state index contributed by atoms with van der Waals surface area (Å²) < 4.78 is 4.84. The van der Waals surface area contributed by atoms with Gasteiger partial charge in [-0.3, -0.25) is 4.79 Å². The predicted molar refractivity (Wildman–Crippen MR) is 123 cm³/mol. The molecule has 0 fully saturated rings. The second-order valence-electron chi connectivity index (χ2n) is 7.03. The number of aliphatic hydroxyl groups is 3. The Bertz CT molecular complexity index is 546.